The second-order valence-corrected chi connectivity index (χ2v) is 6.16. The van der Waals surface area contributed by atoms with Crippen molar-refractivity contribution in [2.75, 3.05) is 24.7 Å². The van der Waals surface area contributed by atoms with Gasteiger partial charge in [0.25, 0.3) is 0 Å². The number of cyclic esters (lactones) is 1. The van der Waals surface area contributed by atoms with Crippen LogP contribution >= 0.6 is 0 Å². The molecule has 2 aliphatic heterocycles. The van der Waals surface area contributed by atoms with Gasteiger partial charge in [0.15, 0.2) is 9.84 Å². The van der Waals surface area contributed by atoms with Gasteiger partial charge >= 0.3 is 6.09 Å². The van der Waals surface area contributed by atoms with E-state index in [9.17, 15) is 13.2 Å². The van der Waals surface area contributed by atoms with E-state index < -0.39 is 15.9 Å². The van der Waals surface area contributed by atoms with E-state index in [2.05, 4.69) is 0 Å². The van der Waals surface area contributed by atoms with E-state index in [-0.39, 0.29) is 30.2 Å². The van der Waals surface area contributed by atoms with Crippen molar-refractivity contribution in [3.05, 3.63) is 0 Å². The van der Waals surface area contributed by atoms with Crippen LogP contribution in [0, 0.1) is 0 Å². The highest BCUT2D eigenvalue weighted by atomic mass is 32.2. The Bertz CT molecular complexity index is 367. The van der Waals surface area contributed by atoms with Crippen molar-refractivity contribution in [1.82, 2.24) is 4.90 Å². The fraction of sp³-hybridized carbons (Fsp3) is 0.875. The first-order valence-corrected chi connectivity index (χ1v) is 6.71. The zero-order valence-corrected chi connectivity index (χ0v) is 9.07. The number of carbonyl (C=O) groups is 1. The fourth-order valence-electron chi connectivity index (χ4n) is 2.09. The molecule has 0 aliphatic carbocycles. The van der Waals surface area contributed by atoms with Crippen molar-refractivity contribution >= 4 is 15.9 Å². The normalized spacial score (nSPS) is 34.5. The topological polar surface area (TPSA) is 89.7 Å². The summed E-state index contributed by atoms with van der Waals surface area (Å²) in [5.41, 5.74) is 5.50. The lowest BCUT2D eigenvalue weighted by Gasteiger charge is -2.25. The Hall–Kier alpha value is -0.820. The zero-order chi connectivity index (χ0) is 11.1. The highest BCUT2D eigenvalue weighted by molar-refractivity contribution is 7.91. The molecule has 2 rings (SSSR count). The molecule has 2 fully saturated rings. The molecule has 0 radical (unpaired) electrons. The van der Waals surface area contributed by atoms with Crippen molar-refractivity contribution in [2.24, 2.45) is 5.73 Å². The number of amides is 1. The van der Waals surface area contributed by atoms with Crippen molar-refractivity contribution in [1.29, 1.82) is 0 Å². The molecule has 0 aromatic carbocycles. The summed E-state index contributed by atoms with van der Waals surface area (Å²) in [4.78, 5) is 12.9. The summed E-state index contributed by atoms with van der Waals surface area (Å²) in [5, 5.41) is 0. The van der Waals surface area contributed by atoms with E-state index in [0.717, 1.165) is 0 Å². The van der Waals surface area contributed by atoms with Crippen LogP contribution in [0.5, 0.6) is 0 Å². The van der Waals surface area contributed by atoms with Crippen molar-refractivity contribution in [2.45, 2.75) is 18.5 Å². The van der Waals surface area contributed by atoms with Gasteiger partial charge in [-0.3, -0.25) is 4.90 Å². The summed E-state index contributed by atoms with van der Waals surface area (Å²) in [6.07, 6.45) is 0.0565. The molecule has 0 aromatic rings. The number of rotatable bonds is 2. The molecule has 0 bridgehead atoms. The maximum atomic E-state index is 11.4. The molecule has 0 aromatic heterocycles. The molecule has 2 saturated heterocycles. The average molecular weight is 234 g/mol. The van der Waals surface area contributed by atoms with Crippen LogP contribution in [0.1, 0.15) is 6.42 Å². The van der Waals surface area contributed by atoms with E-state index in [0.29, 0.717) is 13.0 Å². The molecule has 15 heavy (non-hydrogen) atoms. The van der Waals surface area contributed by atoms with Gasteiger partial charge in [-0.15, -0.1) is 0 Å². The van der Waals surface area contributed by atoms with Gasteiger partial charge in [-0.2, -0.15) is 0 Å². The highest BCUT2D eigenvalue weighted by Gasteiger charge is 2.42. The number of ether oxygens (including phenoxy) is 1. The van der Waals surface area contributed by atoms with Crippen LogP contribution in [0.4, 0.5) is 4.79 Å². The second kappa shape index (κ2) is 3.64. The van der Waals surface area contributed by atoms with Crippen LogP contribution in [-0.4, -0.2) is 56.2 Å². The van der Waals surface area contributed by atoms with E-state index in [1.54, 1.807) is 0 Å². The molecular formula is C8H14N2O4S. The van der Waals surface area contributed by atoms with Crippen LogP contribution in [0.2, 0.25) is 0 Å². The van der Waals surface area contributed by atoms with Crippen molar-refractivity contribution in [3.8, 4) is 0 Å². The molecule has 2 unspecified atom stereocenters. The molecule has 2 heterocycles. The van der Waals surface area contributed by atoms with Crippen LogP contribution in [0.25, 0.3) is 0 Å². The maximum absolute atomic E-state index is 11.4. The van der Waals surface area contributed by atoms with E-state index in [1.807, 2.05) is 0 Å². The monoisotopic (exact) mass is 234 g/mol. The van der Waals surface area contributed by atoms with Crippen molar-refractivity contribution < 1.29 is 17.9 Å². The van der Waals surface area contributed by atoms with Crippen LogP contribution in [-0.2, 0) is 14.6 Å². The van der Waals surface area contributed by atoms with E-state index in [4.69, 9.17) is 10.5 Å². The Morgan fingerprint density at radius 1 is 1.53 bits per heavy atom. The van der Waals surface area contributed by atoms with Gasteiger partial charge in [0.2, 0.25) is 0 Å². The quantitative estimate of drug-likeness (QED) is 0.658. The molecule has 2 atom stereocenters. The van der Waals surface area contributed by atoms with Crippen LogP contribution < -0.4 is 5.73 Å². The molecule has 2 N–H and O–H groups in total. The third kappa shape index (κ3) is 1.93. The lowest BCUT2D eigenvalue weighted by Crippen LogP contribution is -2.46. The number of carbonyl (C=O) groups excluding carboxylic acids is 1. The minimum Gasteiger partial charge on any atom is -0.447 e. The van der Waals surface area contributed by atoms with Gasteiger partial charge in [-0.05, 0) is 6.42 Å². The summed E-state index contributed by atoms with van der Waals surface area (Å²) in [6, 6.07) is -0.422. The summed E-state index contributed by atoms with van der Waals surface area (Å²) < 4.78 is 27.4. The maximum Gasteiger partial charge on any atom is 0.410 e. The fourth-order valence-corrected chi connectivity index (χ4v) is 3.81. The minimum atomic E-state index is -2.98. The third-order valence-electron chi connectivity index (χ3n) is 2.88. The summed E-state index contributed by atoms with van der Waals surface area (Å²) >= 11 is 0. The molecule has 2 aliphatic rings. The average Bonchev–Trinajstić information content (AvgIpc) is 2.69. The van der Waals surface area contributed by atoms with E-state index in [1.165, 1.54) is 4.90 Å². The molecule has 1 amide bonds. The lowest BCUT2D eigenvalue weighted by molar-refractivity contribution is 0.148. The second-order valence-electron chi connectivity index (χ2n) is 3.93. The molecule has 86 valence electrons. The Labute approximate surface area is 88.3 Å². The van der Waals surface area contributed by atoms with Crippen LogP contribution in [0.3, 0.4) is 0 Å². The van der Waals surface area contributed by atoms with Gasteiger partial charge in [-0.25, -0.2) is 13.2 Å². The van der Waals surface area contributed by atoms with Gasteiger partial charge < -0.3 is 10.5 Å². The largest absolute Gasteiger partial charge is 0.447 e. The predicted molar refractivity (Wildman–Crippen MR) is 53.1 cm³/mol. The summed E-state index contributed by atoms with van der Waals surface area (Å²) in [7, 11) is -2.98. The number of hydrogen-bond acceptors (Lipinski definition) is 5. The first kappa shape index (κ1) is 10.7. The van der Waals surface area contributed by atoms with Crippen molar-refractivity contribution in [3.63, 3.8) is 0 Å². The first-order valence-electron chi connectivity index (χ1n) is 4.89. The summed E-state index contributed by atoms with van der Waals surface area (Å²) in [6.45, 7) is 0.578. The predicted octanol–water partition coefficient (Wildman–Crippen LogP) is -1.05. The smallest absolute Gasteiger partial charge is 0.410 e. The standard InChI is InChI=1S/C8H14N2O4S/c9-3-7-4-14-8(11)10(7)6-1-2-15(12,13)5-6/h6-7H,1-5,9H2. The summed E-state index contributed by atoms with van der Waals surface area (Å²) in [5.74, 6) is 0.192. The lowest BCUT2D eigenvalue weighted by atomic mass is 10.2. The minimum absolute atomic E-state index is 0.0403. The number of sulfone groups is 1. The van der Waals surface area contributed by atoms with Gasteiger partial charge in [-0.1, -0.05) is 0 Å². The van der Waals surface area contributed by atoms with E-state index >= 15 is 0 Å². The number of nitrogens with two attached hydrogens (primary N) is 1. The Morgan fingerprint density at radius 2 is 2.27 bits per heavy atom. The molecule has 7 heteroatoms. The first-order chi connectivity index (χ1) is 7.03. The van der Waals surface area contributed by atoms with Gasteiger partial charge in [0.05, 0.1) is 23.6 Å². The Balaban J connectivity index is 2.13. The third-order valence-corrected chi connectivity index (χ3v) is 4.63. The van der Waals surface area contributed by atoms with Gasteiger partial charge in [0.1, 0.15) is 6.61 Å². The number of nitrogens with zero attached hydrogens (tertiary/aromatic N) is 1. The van der Waals surface area contributed by atoms with Gasteiger partial charge in [0, 0.05) is 6.54 Å². The highest BCUT2D eigenvalue weighted by Crippen LogP contribution is 2.23. The Morgan fingerprint density at radius 3 is 2.80 bits per heavy atom. The number of hydrogen-bond donors (Lipinski definition) is 1. The Kier molecular flexibility index (Phi) is 2.59. The zero-order valence-electron chi connectivity index (χ0n) is 8.26. The molecule has 0 spiro atoms. The molecule has 0 saturated carbocycles. The molecular weight excluding hydrogens is 220 g/mol. The van der Waals surface area contributed by atoms with Crippen LogP contribution in [0.15, 0.2) is 0 Å². The molecule has 6 nitrogen and oxygen atoms in total. The SMILES string of the molecule is NCC1COC(=O)N1C1CCS(=O)(=O)C1.